The van der Waals surface area contributed by atoms with Gasteiger partial charge in [0.15, 0.2) is 0 Å². The molecule has 4 heteroatoms. The summed E-state index contributed by atoms with van der Waals surface area (Å²) in [5.41, 5.74) is 0. The molecule has 0 saturated heterocycles. The van der Waals surface area contributed by atoms with Crippen LogP contribution in [0.1, 0.15) is 39.5 Å². The first kappa shape index (κ1) is 12.8. The highest BCUT2D eigenvalue weighted by atomic mass is 32.2. The second-order valence-electron chi connectivity index (χ2n) is 4.31. The van der Waals surface area contributed by atoms with Crippen LogP contribution in [0.4, 0.5) is 0 Å². The SMILES string of the molecule is CC(O)C(C)SCC(=O)NC1CCCC1. The van der Waals surface area contributed by atoms with Gasteiger partial charge in [-0.25, -0.2) is 0 Å². The molecule has 15 heavy (non-hydrogen) atoms. The number of nitrogens with one attached hydrogen (secondary N) is 1. The maximum atomic E-state index is 11.5. The van der Waals surface area contributed by atoms with Crippen LogP contribution < -0.4 is 5.32 Å². The molecule has 0 radical (unpaired) electrons. The third-order valence-electron chi connectivity index (χ3n) is 2.88. The summed E-state index contributed by atoms with van der Waals surface area (Å²) in [6.07, 6.45) is 4.38. The Morgan fingerprint density at radius 3 is 2.60 bits per heavy atom. The van der Waals surface area contributed by atoms with Gasteiger partial charge in [0.1, 0.15) is 0 Å². The Kier molecular flexibility index (Phi) is 5.47. The van der Waals surface area contributed by atoms with E-state index in [0.29, 0.717) is 11.8 Å². The van der Waals surface area contributed by atoms with Gasteiger partial charge < -0.3 is 10.4 Å². The van der Waals surface area contributed by atoms with Gasteiger partial charge in [-0.3, -0.25) is 4.79 Å². The number of aliphatic hydroxyl groups excluding tert-OH is 1. The molecule has 1 aliphatic rings. The lowest BCUT2D eigenvalue weighted by Gasteiger charge is -2.15. The van der Waals surface area contributed by atoms with Crippen LogP contribution in [0, 0.1) is 0 Å². The van der Waals surface area contributed by atoms with E-state index in [9.17, 15) is 9.90 Å². The standard InChI is InChI=1S/C11H21NO2S/c1-8(13)9(2)15-7-11(14)12-10-5-3-4-6-10/h8-10,13H,3-7H2,1-2H3,(H,12,14). The highest BCUT2D eigenvalue weighted by Gasteiger charge is 2.18. The Morgan fingerprint density at radius 1 is 1.47 bits per heavy atom. The van der Waals surface area contributed by atoms with Gasteiger partial charge in [0.25, 0.3) is 0 Å². The molecule has 0 aliphatic heterocycles. The summed E-state index contributed by atoms with van der Waals surface area (Å²) in [5, 5.41) is 12.4. The Balaban J connectivity index is 2.12. The lowest BCUT2D eigenvalue weighted by Crippen LogP contribution is -2.34. The number of rotatable bonds is 5. The Bertz CT molecular complexity index is 203. The molecule has 1 aliphatic carbocycles. The fourth-order valence-corrected chi connectivity index (χ4v) is 2.46. The minimum absolute atomic E-state index is 0.111. The minimum atomic E-state index is -0.353. The van der Waals surface area contributed by atoms with Crippen LogP contribution in [-0.4, -0.2) is 34.2 Å². The molecule has 0 aromatic heterocycles. The third-order valence-corrected chi connectivity index (χ3v) is 4.23. The molecule has 1 rings (SSSR count). The molecule has 88 valence electrons. The van der Waals surface area contributed by atoms with Crippen LogP contribution in [-0.2, 0) is 4.79 Å². The van der Waals surface area contributed by atoms with E-state index >= 15 is 0 Å². The number of carbonyl (C=O) groups excluding carboxylic acids is 1. The van der Waals surface area contributed by atoms with Crippen molar-refractivity contribution in [3.63, 3.8) is 0 Å². The highest BCUT2D eigenvalue weighted by Crippen LogP contribution is 2.18. The summed E-state index contributed by atoms with van der Waals surface area (Å²) in [4.78, 5) is 11.5. The molecule has 2 atom stereocenters. The maximum Gasteiger partial charge on any atom is 0.230 e. The molecule has 1 amide bonds. The minimum Gasteiger partial charge on any atom is -0.392 e. The van der Waals surface area contributed by atoms with E-state index in [2.05, 4.69) is 5.32 Å². The third kappa shape index (κ3) is 4.89. The Labute approximate surface area is 96.0 Å². The lowest BCUT2D eigenvalue weighted by atomic mass is 10.2. The first-order valence-electron chi connectivity index (χ1n) is 5.68. The zero-order chi connectivity index (χ0) is 11.3. The van der Waals surface area contributed by atoms with Gasteiger partial charge >= 0.3 is 0 Å². The molecule has 1 fully saturated rings. The van der Waals surface area contributed by atoms with Crippen molar-refractivity contribution in [1.82, 2.24) is 5.32 Å². The van der Waals surface area contributed by atoms with Crippen molar-refractivity contribution in [2.75, 3.05) is 5.75 Å². The summed E-state index contributed by atoms with van der Waals surface area (Å²) in [6, 6.07) is 0.403. The summed E-state index contributed by atoms with van der Waals surface area (Å²) in [6.45, 7) is 3.70. The molecule has 0 bridgehead atoms. The first-order chi connectivity index (χ1) is 7.09. The van der Waals surface area contributed by atoms with Crippen molar-refractivity contribution in [2.45, 2.75) is 56.9 Å². The van der Waals surface area contributed by atoms with Gasteiger partial charge in [-0.05, 0) is 19.8 Å². The van der Waals surface area contributed by atoms with Gasteiger partial charge in [-0.15, -0.1) is 11.8 Å². The predicted octanol–water partition coefficient (Wildman–Crippen LogP) is 1.55. The largest absolute Gasteiger partial charge is 0.392 e. The maximum absolute atomic E-state index is 11.5. The fourth-order valence-electron chi connectivity index (χ4n) is 1.69. The van der Waals surface area contributed by atoms with Gasteiger partial charge in [0.05, 0.1) is 11.9 Å². The summed E-state index contributed by atoms with van der Waals surface area (Å²) in [5.74, 6) is 0.571. The number of thioether (sulfide) groups is 1. The van der Waals surface area contributed by atoms with Crippen molar-refractivity contribution >= 4 is 17.7 Å². The topological polar surface area (TPSA) is 49.3 Å². The van der Waals surface area contributed by atoms with Crippen LogP contribution in [0.15, 0.2) is 0 Å². The quantitative estimate of drug-likeness (QED) is 0.754. The van der Waals surface area contributed by atoms with Crippen LogP contribution in [0.25, 0.3) is 0 Å². The molecule has 0 aromatic rings. The normalized spacial score (nSPS) is 21.3. The molecular weight excluding hydrogens is 210 g/mol. The molecule has 3 nitrogen and oxygen atoms in total. The monoisotopic (exact) mass is 231 g/mol. The predicted molar refractivity (Wildman–Crippen MR) is 64.0 cm³/mol. The van der Waals surface area contributed by atoms with E-state index in [4.69, 9.17) is 0 Å². The van der Waals surface area contributed by atoms with Crippen molar-refractivity contribution in [3.8, 4) is 0 Å². The second kappa shape index (κ2) is 6.38. The summed E-state index contributed by atoms with van der Waals surface area (Å²) < 4.78 is 0. The zero-order valence-electron chi connectivity index (χ0n) is 9.53. The van der Waals surface area contributed by atoms with E-state index in [1.165, 1.54) is 24.6 Å². The molecule has 2 unspecified atom stereocenters. The molecule has 1 saturated carbocycles. The average molecular weight is 231 g/mol. The van der Waals surface area contributed by atoms with Gasteiger partial charge in [-0.2, -0.15) is 0 Å². The van der Waals surface area contributed by atoms with Gasteiger partial charge in [0.2, 0.25) is 5.91 Å². The van der Waals surface area contributed by atoms with Crippen molar-refractivity contribution in [3.05, 3.63) is 0 Å². The van der Waals surface area contributed by atoms with E-state index in [0.717, 1.165) is 12.8 Å². The second-order valence-corrected chi connectivity index (χ2v) is 5.67. The number of hydrogen-bond acceptors (Lipinski definition) is 3. The highest BCUT2D eigenvalue weighted by molar-refractivity contribution is 8.00. The number of hydrogen-bond donors (Lipinski definition) is 2. The fraction of sp³-hybridized carbons (Fsp3) is 0.909. The van der Waals surface area contributed by atoms with Crippen LogP contribution in [0.3, 0.4) is 0 Å². The van der Waals surface area contributed by atoms with Gasteiger partial charge in [0, 0.05) is 11.3 Å². The van der Waals surface area contributed by atoms with Crippen LogP contribution >= 0.6 is 11.8 Å². The van der Waals surface area contributed by atoms with Crippen molar-refractivity contribution in [2.24, 2.45) is 0 Å². The Hall–Kier alpha value is -0.220. The summed E-state index contributed by atoms with van der Waals surface area (Å²) in [7, 11) is 0. The number of carbonyl (C=O) groups is 1. The van der Waals surface area contributed by atoms with E-state index < -0.39 is 0 Å². The van der Waals surface area contributed by atoms with Crippen LogP contribution in [0.5, 0.6) is 0 Å². The molecule has 0 aromatic carbocycles. The molecule has 0 heterocycles. The van der Waals surface area contributed by atoms with E-state index in [1.54, 1.807) is 6.92 Å². The van der Waals surface area contributed by atoms with E-state index in [-0.39, 0.29) is 17.3 Å². The van der Waals surface area contributed by atoms with E-state index in [1.807, 2.05) is 6.92 Å². The lowest BCUT2D eigenvalue weighted by molar-refractivity contribution is -0.119. The summed E-state index contributed by atoms with van der Waals surface area (Å²) >= 11 is 1.51. The molecule has 0 spiro atoms. The molecule has 2 N–H and O–H groups in total. The van der Waals surface area contributed by atoms with Crippen LogP contribution in [0.2, 0.25) is 0 Å². The first-order valence-corrected chi connectivity index (χ1v) is 6.73. The Morgan fingerprint density at radius 2 is 2.07 bits per heavy atom. The van der Waals surface area contributed by atoms with Crippen molar-refractivity contribution < 1.29 is 9.90 Å². The average Bonchev–Trinajstić information content (AvgIpc) is 2.66. The molecular formula is C11H21NO2S. The number of aliphatic hydroxyl groups is 1. The zero-order valence-corrected chi connectivity index (χ0v) is 10.3. The van der Waals surface area contributed by atoms with Crippen molar-refractivity contribution in [1.29, 1.82) is 0 Å². The number of amides is 1. The smallest absolute Gasteiger partial charge is 0.230 e. The van der Waals surface area contributed by atoms with Gasteiger partial charge in [-0.1, -0.05) is 19.8 Å².